The number of halogens is 1. The fourth-order valence-corrected chi connectivity index (χ4v) is 2.60. The van der Waals surface area contributed by atoms with E-state index >= 15 is 0 Å². The van der Waals surface area contributed by atoms with E-state index in [0.717, 1.165) is 12.0 Å². The van der Waals surface area contributed by atoms with Crippen LogP contribution in [0.3, 0.4) is 0 Å². The van der Waals surface area contributed by atoms with Gasteiger partial charge in [-0.3, -0.25) is 0 Å². The monoisotopic (exact) mass is 380 g/mol. The zero-order valence-electron chi connectivity index (χ0n) is 15.5. The van der Waals surface area contributed by atoms with Crippen molar-refractivity contribution in [2.75, 3.05) is 23.8 Å². The van der Waals surface area contributed by atoms with Crippen LogP contribution in [0.4, 0.5) is 21.8 Å². The summed E-state index contributed by atoms with van der Waals surface area (Å²) >= 11 is 0. The number of anilines is 3. The molecule has 0 aliphatic heterocycles. The minimum absolute atomic E-state index is 0.244. The zero-order chi connectivity index (χ0) is 19.8. The molecule has 144 valence electrons. The van der Waals surface area contributed by atoms with Crippen molar-refractivity contribution < 1.29 is 13.9 Å². The Balaban J connectivity index is 1.64. The van der Waals surface area contributed by atoms with Gasteiger partial charge in [0.25, 0.3) is 0 Å². The Hall–Kier alpha value is -3.48. The van der Waals surface area contributed by atoms with Crippen LogP contribution in [-0.4, -0.2) is 29.1 Å². The van der Waals surface area contributed by atoms with Crippen molar-refractivity contribution >= 4 is 23.4 Å². The lowest BCUT2D eigenvalue weighted by molar-refractivity contribution is 0.0527. The van der Waals surface area contributed by atoms with Crippen molar-refractivity contribution in [3.05, 3.63) is 77.7 Å². The summed E-state index contributed by atoms with van der Waals surface area (Å²) in [6.45, 7) is 2.71. The first-order valence-electron chi connectivity index (χ1n) is 9.00. The smallest absolute Gasteiger partial charge is 0.340 e. The van der Waals surface area contributed by atoms with Crippen LogP contribution in [0.2, 0.25) is 0 Å². The third-order valence-corrected chi connectivity index (χ3v) is 3.96. The number of carbonyl (C=O) groups is 1. The standard InChI is InChI=1S/C21H21FN4O2/c1-2-28-20(27)17-5-3-4-6-18(17)25-21-24-14-12-19(26-21)23-13-11-15-7-9-16(22)10-8-15/h3-10,12,14H,2,11,13H2,1H3,(H2,23,24,25,26). The first kappa shape index (κ1) is 19.3. The Morgan fingerprint density at radius 2 is 1.89 bits per heavy atom. The molecule has 1 heterocycles. The SMILES string of the molecule is CCOC(=O)c1ccccc1Nc1nccc(NCCc2ccc(F)cc2)n1. The summed E-state index contributed by atoms with van der Waals surface area (Å²) in [6, 6.07) is 15.2. The van der Waals surface area contributed by atoms with E-state index in [1.807, 2.05) is 6.07 Å². The van der Waals surface area contributed by atoms with Crippen molar-refractivity contribution in [1.82, 2.24) is 9.97 Å². The van der Waals surface area contributed by atoms with Gasteiger partial charge in [0.05, 0.1) is 17.9 Å². The second-order valence-electron chi connectivity index (χ2n) is 5.96. The van der Waals surface area contributed by atoms with E-state index in [4.69, 9.17) is 4.74 Å². The van der Waals surface area contributed by atoms with Gasteiger partial charge in [-0.25, -0.2) is 14.2 Å². The highest BCUT2D eigenvalue weighted by molar-refractivity contribution is 5.96. The molecule has 0 atom stereocenters. The highest BCUT2D eigenvalue weighted by Crippen LogP contribution is 2.20. The number of nitrogens with zero attached hydrogens (tertiary/aromatic N) is 2. The molecule has 1 aromatic heterocycles. The molecule has 0 saturated carbocycles. The summed E-state index contributed by atoms with van der Waals surface area (Å²) < 4.78 is 18.0. The Bertz CT molecular complexity index is 932. The summed E-state index contributed by atoms with van der Waals surface area (Å²) in [5, 5.41) is 6.28. The summed E-state index contributed by atoms with van der Waals surface area (Å²) in [6.07, 6.45) is 2.36. The highest BCUT2D eigenvalue weighted by atomic mass is 19.1. The van der Waals surface area contributed by atoms with Crippen molar-refractivity contribution in [2.24, 2.45) is 0 Å². The summed E-state index contributed by atoms with van der Waals surface area (Å²) in [5.74, 6) is 0.363. The van der Waals surface area contributed by atoms with Gasteiger partial charge in [0.15, 0.2) is 0 Å². The molecule has 0 amide bonds. The maximum atomic E-state index is 12.9. The van der Waals surface area contributed by atoms with E-state index in [0.29, 0.717) is 36.2 Å². The fraction of sp³-hybridized carbons (Fsp3) is 0.190. The van der Waals surface area contributed by atoms with Crippen LogP contribution in [0.5, 0.6) is 0 Å². The number of esters is 1. The molecule has 0 aliphatic carbocycles. The fourth-order valence-electron chi connectivity index (χ4n) is 2.60. The lowest BCUT2D eigenvalue weighted by Gasteiger charge is -2.11. The van der Waals surface area contributed by atoms with E-state index in [1.54, 1.807) is 49.5 Å². The first-order valence-corrected chi connectivity index (χ1v) is 9.00. The first-order chi connectivity index (χ1) is 13.7. The highest BCUT2D eigenvalue weighted by Gasteiger charge is 2.12. The molecular formula is C21H21FN4O2. The predicted molar refractivity (Wildman–Crippen MR) is 106 cm³/mol. The molecule has 0 saturated heterocycles. The number of hydrogen-bond donors (Lipinski definition) is 2. The van der Waals surface area contributed by atoms with Gasteiger partial charge >= 0.3 is 5.97 Å². The Morgan fingerprint density at radius 1 is 1.11 bits per heavy atom. The van der Waals surface area contributed by atoms with E-state index in [9.17, 15) is 9.18 Å². The maximum Gasteiger partial charge on any atom is 0.340 e. The predicted octanol–water partition coefficient (Wildman–Crippen LogP) is 4.19. The van der Waals surface area contributed by atoms with Crippen LogP contribution in [0.15, 0.2) is 60.8 Å². The van der Waals surface area contributed by atoms with Crippen LogP contribution in [-0.2, 0) is 11.2 Å². The minimum atomic E-state index is -0.404. The van der Waals surface area contributed by atoms with E-state index in [2.05, 4.69) is 20.6 Å². The van der Waals surface area contributed by atoms with Crippen molar-refractivity contribution in [2.45, 2.75) is 13.3 Å². The second-order valence-corrected chi connectivity index (χ2v) is 5.96. The van der Waals surface area contributed by atoms with Crippen LogP contribution in [0, 0.1) is 5.82 Å². The third kappa shape index (κ3) is 5.26. The Kier molecular flexibility index (Phi) is 6.51. The van der Waals surface area contributed by atoms with Crippen molar-refractivity contribution in [1.29, 1.82) is 0 Å². The number of nitrogens with one attached hydrogen (secondary N) is 2. The molecule has 6 nitrogen and oxygen atoms in total. The number of benzene rings is 2. The molecule has 3 rings (SSSR count). The number of hydrogen-bond acceptors (Lipinski definition) is 6. The molecule has 2 aromatic carbocycles. The van der Waals surface area contributed by atoms with Crippen molar-refractivity contribution in [3.8, 4) is 0 Å². The van der Waals surface area contributed by atoms with Gasteiger partial charge in [0.1, 0.15) is 11.6 Å². The number of rotatable bonds is 8. The van der Waals surface area contributed by atoms with Gasteiger partial charge in [0, 0.05) is 12.7 Å². The van der Waals surface area contributed by atoms with Crippen LogP contribution < -0.4 is 10.6 Å². The van der Waals surface area contributed by atoms with E-state index < -0.39 is 5.97 Å². The molecule has 28 heavy (non-hydrogen) atoms. The Labute approximate surface area is 162 Å². The number of ether oxygens (including phenoxy) is 1. The second kappa shape index (κ2) is 9.45. The number of carbonyl (C=O) groups excluding carboxylic acids is 1. The number of para-hydroxylation sites is 1. The molecule has 0 fully saturated rings. The van der Waals surface area contributed by atoms with Gasteiger partial charge in [-0.2, -0.15) is 4.98 Å². The lowest BCUT2D eigenvalue weighted by Crippen LogP contribution is -2.10. The van der Waals surface area contributed by atoms with Gasteiger partial charge < -0.3 is 15.4 Å². The quantitative estimate of drug-likeness (QED) is 0.571. The minimum Gasteiger partial charge on any atom is -0.462 e. The average Bonchev–Trinajstić information content (AvgIpc) is 2.70. The van der Waals surface area contributed by atoms with Gasteiger partial charge in [0.2, 0.25) is 5.95 Å². The molecule has 3 aromatic rings. The molecule has 7 heteroatoms. The van der Waals surface area contributed by atoms with E-state index in [-0.39, 0.29) is 5.82 Å². The Morgan fingerprint density at radius 3 is 2.68 bits per heavy atom. The molecule has 0 spiro atoms. The summed E-state index contributed by atoms with van der Waals surface area (Å²) in [4.78, 5) is 20.7. The lowest BCUT2D eigenvalue weighted by atomic mass is 10.1. The van der Waals surface area contributed by atoms with Gasteiger partial charge in [-0.1, -0.05) is 24.3 Å². The molecule has 0 aliphatic rings. The molecule has 0 radical (unpaired) electrons. The van der Waals surface area contributed by atoms with Crippen LogP contribution in [0.25, 0.3) is 0 Å². The number of aromatic nitrogens is 2. The third-order valence-electron chi connectivity index (χ3n) is 3.96. The normalized spacial score (nSPS) is 10.4. The maximum absolute atomic E-state index is 12.9. The van der Waals surface area contributed by atoms with Gasteiger partial charge in [-0.15, -0.1) is 0 Å². The zero-order valence-corrected chi connectivity index (χ0v) is 15.5. The topological polar surface area (TPSA) is 76.1 Å². The largest absolute Gasteiger partial charge is 0.462 e. The van der Waals surface area contributed by atoms with Crippen molar-refractivity contribution in [3.63, 3.8) is 0 Å². The van der Waals surface area contributed by atoms with Crippen LogP contribution in [0.1, 0.15) is 22.8 Å². The van der Waals surface area contributed by atoms with Crippen LogP contribution >= 0.6 is 0 Å². The van der Waals surface area contributed by atoms with E-state index in [1.165, 1.54) is 12.1 Å². The summed E-state index contributed by atoms with van der Waals surface area (Å²) in [7, 11) is 0. The molecule has 0 unspecified atom stereocenters. The van der Waals surface area contributed by atoms with Gasteiger partial charge in [-0.05, 0) is 49.2 Å². The molecular weight excluding hydrogens is 359 g/mol. The molecule has 0 bridgehead atoms. The average molecular weight is 380 g/mol. The molecule has 2 N–H and O–H groups in total. The summed E-state index contributed by atoms with van der Waals surface area (Å²) in [5.41, 5.74) is 2.02.